The van der Waals surface area contributed by atoms with E-state index in [4.69, 9.17) is 10.8 Å². The van der Waals surface area contributed by atoms with E-state index in [1.165, 1.54) is 12.8 Å². The van der Waals surface area contributed by atoms with Crippen molar-refractivity contribution in [3.8, 4) is 0 Å². The number of nitrogens with two attached hydrogens (primary N) is 1. The summed E-state index contributed by atoms with van der Waals surface area (Å²) in [6, 6.07) is 0. The minimum Gasteiger partial charge on any atom is -0.481 e. The molecule has 3 fully saturated rings. The molecule has 0 radical (unpaired) electrons. The molecule has 0 saturated heterocycles. The first-order valence-electron chi connectivity index (χ1n) is 5.58. The predicted octanol–water partition coefficient (Wildman–Crippen LogP) is 1.08. The fourth-order valence-corrected chi connectivity index (χ4v) is 4.14. The zero-order chi connectivity index (χ0) is 9.92. The molecule has 3 rings (SSSR count). The topological polar surface area (TPSA) is 63.3 Å². The van der Waals surface area contributed by atoms with Gasteiger partial charge in [-0.25, -0.2) is 0 Å². The van der Waals surface area contributed by atoms with Crippen molar-refractivity contribution in [1.82, 2.24) is 0 Å². The van der Waals surface area contributed by atoms with Crippen molar-refractivity contribution in [2.45, 2.75) is 25.7 Å². The molecule has 0 bridgehead atoms. The summed E-state index contributed by atoms with van der Waals surface area (Å²) in [7, 11) is 0. The maximum Gasteiger partial charge on any atom is 0.303 e. The van der Waals surface area contributed by atoms with Gasteiger partial charge in [-0.2, -0.15) is 0 Å². The molecular weight excluding hydrogens is 178 g/mol. The molecule has 0 aromatic heterocycles. The van der Waals surface area contributed by atoms with Gasteiger partial charge in [0.25, 0.3) is 0 Å². The highest BCUT2D eigenvalue weighted by Crippen LogP contribution is 2.71. The fourth-order valence-electron chi connectivity index (χ4n) is 4.14. The average Bonchev–Trinajstić information content (AvgIpc) is 2.81. The molecule has 3 N–H and O–H groups in total. The van der Waals surface area contributed by atoms with E-state index in [0.29, 0.717) is 18.9 Å². The first-order valence-corrected chi connectivity index (χ1v) is 5.58. The summed E-state index contributed by atoms with van der Waals surface area (Å²) in [5, 5.41) is 8.89. The van der Waals surface area contributed by atoms with Crippen molar-refractivity contribution >= 4 is 5.97 Å². The van der Waals surface area contributed by atoms with Gasteiger partial charge in [0.2, 0.25) is 0 Å². The molecule has 3 aliphatic carbocycles. The Kier molecular flexibility index (Phi) is 1.56. The van der Waals surface area contributed by atoms with Crippen LogP contribution in [0.2, 0.25) is 0 Å². The van der Waals surface area contributed by atoms with Crippen LogP contribution >= 0.6 is 0 Å². The lowest BCUT2D eigenvalue weighted by atomic mass is 9.52. The molecule has 0 unspecified atom stereocenters. The molecule has 0 spiro atoms. The molecule has 0 aliphatic heterocycles. The summed E-state index contributed by atoms with van der Waals surface area (Å²) in [5.74, 6) is 2.70. The maximum absolute atomic E-state index is 10.8. The number of hydrogen-bond donors (Lipinski definition) is 2. The molecule has 3 saturated carbocycles. The van der Waals surface area contributed by atoms with E-state index < -0.39 is 5.97 Å². The van der Waals surface area contributed by atoms with E-state index in [1.807, 2.05) is 0 Å². The van der Waals surface area contributed by atoms with Gasteiger partial charge >= 0.3 is 5.97 Å². The Bertz CT molecular complexity index is 291. The Morgan fingerprint density at radius 2 is 2.21 bits per heavy atom. The lowest BCUT2D eigenvalue weighted by Crippen LogP contribution is -2.52. The zero-order valence-electron chi connectivity index (χ0n) is 8.28. The van der Waals surface area contributed by atoms with Crippen LogP contribution in [0.25, 0.3) is 0 Å². The van der Waals surface area contributed by atoms with Crippen molar-refractivity contribution in [2.75, 3.05) is 6.54 Å². The maximum atomic E-state index is 10.8. The molecule has 0 aromatic rings. The summed E-state index contributed by atoms with van der Waals surface area (Å²) < 4.78 is 0. The van der Waals surface area contributed by atoms with Gasteiger partial charge in [-0.3, -0.25) is 4.79 Å². The van der Waals surface area contributed by atoms with Gasteiger partial charge in [0.05, 0.1) is 6.42 Å². The highest BCUT2D eigenvalue weighted by atomic mass is 16.4. The fraction of sp³-hybridized carbons (Fsp3) is 0.909. The molecule has 3 heteroatoms. The monoisotopic (exact) mass is 195 g/mol. The SMILES string of the molecule is NC[C@]1(CC(=O)O)C[C@H]2[C@H]3C[C@H]3C[C@H]21. The number of rotatable bonds is 3. The molecule has 0 heterocycles. The zero-order valence-corrected chi connectivity index (χ0v) is 8.28. The van der Waals surface area contributed by atoms with Gasteiger partial charge in [-0.05, 0) is 54.9 Å². The molecule has 5 atom stereocenters. The summed E-state index contributed by atoms with van der Waals surface area (Å²) >= 11 is 0. The number of carboxylic acid groups (broad SMARTS) is 1. The van der Waals surface area contributed by atoms with Crippen LogP contribution in [0.15, 0.2) is 0 Å². The number of carboxylic acids is 1. The standard InChI is InChI=1S/C11H17NO2/c12-5-11(4-10(13)14)3-8-7-1-6(7)2-9(8)11/h6-9H,1-5,12H2,(H,13,14)/t6-,7-,8-,9+,11+/m0/s1. The number of carbonyl (C=O) groups is 1. The summed E-state index contributed by atoms with van der Waals surface area (Å²) in [6.07, 6.45) is 4.06. The number of fused-ring (bicyclic) bond motifs is 3. The molecule has 3 aliphatic rings. The number of hydrogen-bond acceptors (Lipinski definition) is 2. The van der Waals surface area contributed by atoms with Crippen LogP contribution < -0.4 is 5.73 Å². The van der Waals surface area contributed by atoms with Crippen molar-refractivity contribution in [3.05, 3.63) is 0 Å². The largest absolute Gasteiger partial charge is 0.481 e. The van der Waals surface area contributed by atoms with E-state index in [9.17, 15) is 4.79 Å². The second kappa shape index (κ2) is 2.51. The average molecular weight is 195 g/mol. The lowest BCUT2D eigenvalue weighted by Gasteiger charge is -2.53. The van der Waals surface area contributed by atoms with Gasteiger partial charge in [0, 0.05) is 0 Å². The Hall–Kier alpha value is -0.570. The molecule has 0 amide bonds. The van der Waals surface area contributed by atoms with Crippen LogP contribution in [0.4, 0.5) is 0 Å². The van der Waals surface area contributed by atoms with Crippen molar-refractivity contribution < 1.29 is 9.90 Å². The number of aliphatic carboxylic acids is 1. The Balaban J connectivity index is 1.75. The van der Waals surface area contributed by atoms with Gasteiger partial charge in [-0.15, -0.1) is 0 Å². The Labute approximate surface area is 83.7 Å². The molecule has 0 aromatic carbocycles. The molecular formula is C11H17NO2. The minimum absolute atomic E-state index is 0.0239. The predicted molar refractivity (Wildman–Crippen MR) is 51.6 cm³/mol. The van der Waals surface area contributed by atoms with Crippen LogP contribution in [-0.4, -0.2) is 17.6 Å². The van der Waals surface area contributed by atoms with E-state index >= 15 is 0 Å². The normalized spacial score (nSPS) is 53.2. The third kappa shape index (κ3) is 0.937. The first-order chi connectivity index (χ1) is 6.66. The van der Waals surface area contributed by atoms with Crippen LogP contribution in [0, 0.1) is 29.1 Å². The van der Waals surface area contributed by atoms with Crippen molar-refractivity contribution in [2.24, 2.45) is 34.8 Å². The quantitative estimate of drug-likeness (QED) is 0.708. The highest BCUT2D eigenvalue weighted by Gasteiger charge is 2.66. The molecule has 14 heavy (non-hydrogen) atoms. The van der Waals surface area contributed by atoms with Crippen molar-refractivity contribution in [1.29, 1.82) is 0 Å². The Morgan fingerprint density at radius 1 is 1.43 bits per heavy atom. The second-order valence-corrected chi connectivity index (χ2v) is 5.51. The van der Waals surface area contributed by atoms with E-state index in [2.05, 4.69) is 0 Å². The van der Waals surface area contributed by atoms with Crippen LogP contribution in [0.1, 0.15) is 25.7 Å². The third-order valence-electron chi connectivity index (χ3n) is 4.94. The van der Waals surface area contributed by atoms with Crippen LogP contribution in [-0.2, 0) is 4.79 Å². The second-order valence-electron chi connectivity index (χ2n) is 5.51. The van der Waals surface area contributed by atoms with Crippen molar-refractivity contribution in [3.63, 3.8) is 0 Å². The summed E-state index contributed by atoms with van der Waals surface area (Å²) in [6.45, 7) is 0.569. The van der Waals surface area contributed by atoms with E-state index in [0.717, 1.165) is 24.2 Å². The Morgan fingerprint density at radius 3 is 2.79 bits per heavy atom. The van der Waals surface area contributed by atoms with E-state index in [-0.39, 0.29) is 5.41 Å². The van der Waals surface area contributed by atoms with Gasteiger partial charge in [-0.1, -0.05) is 0 Å². The highest BCUT2D eigenvalue weighted by molar-refractivity contribution is 5.68. The van der Waals surface area contributed by atoms with Gasteiger partial charge in [0.15, 0.2) is 0 Å². The van der Waals surface area contributed by atoms with Gasteiger partial charge in [0.1, 0.15) is 0 Å². The summed E-state index contributed by atoms with van der Waals surface area (Å²) in [5.41, 5.74) is 5.75. The van der Waals surface area contributed by atoms with E-state index in [1.54, 1.807) is 0 Å². The lowest BCUT2D eigenvalue weighted by molar-refractivity contribution is -0.146. The molecule has 78 valence electrons. The first kappa shape index (κ1) is 8.72. The smallest absolute Gasteiger partial charge is 0.303 e. The molecule has 3 nitrogen and oxygen atoms in total. The van der Waals surface area contributed by atoms with Crippen LogP contribution in [0.3, 0.4) is 0 Å². The van der Waals surface area contributed by atoms with Crippen LogP contribution in [0.5, 0.6) is 0 Å². The van der Waals surface area contributed by atoms with Gasteiger partial charge < -0.3 is 10.8 Å². The minimum atomic E-state index is -0.672. The summed E-state index contributed by atoms with van der Waals surface area (Å²) in [4.78, 5) is 10.8. The third-order valence-corrected chi connectivity index (χ3v) is 4.94.